The molecule has 1 fully saturated rings. The van der Waals surface area contributed by atoms with Crippen LogP contribution in [0.2, 0.25) is 5.02 Å². The standard InChI is InChI=1S/C21H18ClF3N4O2S/c1-12-5-6-13(21(23,24)25)9-15(12)20-16(22)7-8-17(26-20)28-32(31)19-4-2-3-18(27-19)29-10-14(30)11-29/h2-9,14,30H,10-11H2,1H3,(H,26,28). The molecule has 0 radical (unpaired) electrons. The summed E-state index contributed by atoms with van der Waals surface area (Å²) in [6.45, 7) is 2.57. The third kappa shape index (κ3) is 4.72. The Balaban J connectivity index is 1.60. The van der Waals surface area contributed by atoms with Crippen molar-refractivity contribution in [1.29, 1.82) is 0 Å². The number of halogens is 4. The zero-order valence-electron chi connectivity index (χ0n) is 16.7. The molecule has 1 unspecified atom stereocenters. The molecule has 3 heterocycles. The molecule has 0 amide bonds. The summed E-state index contributed by atoms with van der Waals surface area (Å²) in [6.07, 6.45) is -4.91. The number of hydrogen-bond acceptors (Lipinski definition) is 5. The maximum Gasteiger partial charge on any atom is 0.416 e. The van der Waals surface area contributed by atoms with Gasteiger partial charge in [0.15, 0.2) is 16.0 Å². The minimum Gasteiger partial charge on any atom is -0.389 e. The van der Waals surface area contributed by atoms with Crippen molar-refractivity contribution in [2.45, 2.75) is 24.2 Å². The molecule has 1 saturated heterocycles. The molecule has 1 aliphatic rings. The highest BCUT2D eigenvalue weighted by Gasteiger charge is 2.31. The number of alkyl halides is 3. The number of benzene rings is 1. The van der Waals surface area contributed by atoms with E-state index in [1.807, 2.05) is 4.90 Å². The van der Waals surface area contributed by atoms with Crippen molar-refractivity contribution in [1.82, 2.24) is 9.97 Å². The summed E-state index contributed by atoms with van der Waals surface area (Å²) in [7, 11) is -1.78. The summed E-state index contributed by atoms with van der Waals surface area (Å²) in [4.78, 5) is 10.5. The first-order chi connectivity index (χ1) is 15.1. The van der Waals surface area contributed by atoms with Crippen LogP contribution in [0.3, 0.4) is 0 Å². The summed E-state index contributed by atoms with van der Waals surface area (Å²) in [5.74, 6) is 0.762. The summed E-state index contributed by atoms with van der Waals surface area (Å²) >= 11 is 6.23. The Morgan fingerprint density at radius 2 is 1.91 bits per heavy atom. The zero-order valence-corrected chi connectivity index (χ0v) is 18.3. The summed E-state index contributed by atoms with van der Waals surface area (Å²) < 4.78 is 55.0. The highest BCUT2D eigenvalue weighted by Crippen LogP contribution is 2.36. The first-order valence-electron chi connectivity index (χ1n) is 9.55. The number of β-amino-alcohol motifs (C(OH)–C–C–N with tert-alkyl or cyclic N) is 1. The molecule has 2 aromatic heterocycles. The molecule has 1 aliphatic heterocycles. The SMILES string of the molecule is Cc1ccc(C(F)(F)F)cc1-c1nc(NS(=O)c2cccc(N3CC(O)C3)n2)ccc1Cl. The fourth-order valence-electron chi connectivity index (χ4n) is 3.21. The molecule has 3 aromatic rings. The average molecular weight is 483 g/mol. The monoisotopic (exact) mass is 482 g/mol. The van der Waals surface area contributed by atoms with Gasteiger partial charge in [0.05, 0.1) is 22.4 Å². The van der Waals surface area contributed by atoms with Crippen LogP contribution in [0.4, 0.5) is 24.8 Å². The van der Waals surface area contributed by atoms with Crippen molar-refractivity contribution < 1.29 is 22.5 Å². The lowest BCUT2D eigenvalue weighted by atomic mass is 10.0. The van der Waals surface area contributed by atoms with Gasteiger partial charge in [0.2, 0.25) is 0 Å². The van der Waals surface area contributed by atoms with E-state index in [1.54, 1.807) is 25.1 Å². The smallest absolute Gasteiger partial charge is 0.389 e. The highest BCUT2D eigenvalue weighted by molar-refractivity contribution is 7.86. The fourth-order valence-corrected chi connectivity index (χ4v) is 4.21. The Bertz CT molecular complexity index is 1190. The minimum absolute atomic E-state index is 0.147. The van der Waals surface area contributed by atoms with E-state index in [2.05, 4.69) is 14.7 Å². The highest BCUT2D eigenvalue weighted by atomic mass is 35.5. The van der Waals surface area contributed by atoms with Gasteiger partial charge in [0.1, 0.15) is 11.6 Å². The number of nitrogens with one attached hydrogen (secondary N) is 1. The van der Waals surface area contributed by atoms with Gasteiger partial charge in [0, 0.05) is 18.7 Å². The van der Waals surface area contributed by atoms with Gasteiger partial charge in [-0.15, -0.1) is 0 Å². The van der Waals surface area contributed by atoms with Crippen LogP contribution in [0.15, 0.2) is 53.6 Å². The predicted octanol–water partition coefficient (Wildman–Crippen LogP) is 4.44. The van der Waals surface area contributed by atoms with Gasteiger partial charge < -0.3 is 10.0 Å². The van der Waals surface area contributed by atoms with E-state index in [0.29, 0.717) is 24.5 Å². The molecule has 2 N–H and O–H groups in total. The molecule has 0 bridgehead atoms. The van der Waals surface area contributed by atoms with Crippen LogP contribution < -0.4 is 9.62 Å². The van der Waals surface area contributed by atoms with E-state index in [1.165, 1.54) is 18.2 Å². The third-order valence-corrected chi connectivity index (χ3v) is 6.26. The maximum atomic E-state index is 13.2. The van der Waals surface area contributed by atoms with E-state index in [0.717, 1.165) is 12.1 Å². The normalized spacial score (nSPS) is 15.4. The lowest BCUT2D eigenvalue weighted by Crippen LogP contribution is -2.51. The lowest BCUT2D eigenvalue weighted by Gasteiger charge is -2.36. The number of anilines is 2. The third-order valence-electron chi connectivity index (χ3n) is 4.95. The number of aryl methyl sites for hydroxylation is 1. The van der Waals surface area contributed by atoms with Crippen LogP contribution in [0.5, 0.6) is 0 Å². The first-order valence-corrected chi connectivity index (χ1v) is 11.1. The van der Waals surface area contributed by atoms with E-state index in [-0.39, 0.29) is 27.1 Å². The topological polar surface area (TPSA) is 78.4 Å². The average Bonchev–Trinajstić information content (AvgIpc) is 2.72. The van der Waals surface area contributed by atoms with Crippen LogP contribution in [0.1, 0.15) is 11.1 Å². The number of aliphatic hydroxyl groups excluding tert-OH is 1. The van der Waals surface area contributed by atoms with Gasteiger partial charge in [-0.05, 0) is 48.9 Å². The van der Waals surface area contributed by atoms with Crippen LogP contribution >= 0.6 is 11.6 Å². The van der Waals surface area contributed by atoms with E-state index in [9.17, 15) is 22.5 Å². The van der Waals surface area contributed by atoms with Crippen molar-refractivity contribution in [3.63, 3.8) is 0 Å². The molecular formula is C21H18ClF3N4O2S. The molecular weight excluding hydrogens is 465 g/mol. The largest absolute Gasteiger partial charge is 0.416 e. The predicted molar refractivity (Wildman–Crippen MR) is 117 cm³/mol. The Morgan fingerprint density at radius 1 is 1.16 bits per heavy atom. The quantitative estimate of drug-likeness (QED) is 0.562. The van der Waals surface area contributed by atoms with Crippen LogP contribution in [-0.2, 0) is 17.2 Å². The summed E-state index contributed by atoms with van der Waals surface area (Å²) in [5, 5.41) is 9.87. The van der Waals surface area contributed by atoms with Crippen LogP contribution in [0.25, 0.3) is 11.3 Å². The van der Waals surface area contributed by atoms with Crippen molar-refractivity contribution in [2.75, 3.05) is 22.7 Å². The molecule has 0 spiro atoms. The molecule has 0 aliphatic carbocycles. The number of aromatic nitrogens is 2. The van der Waals surface area contributed by atoms with Crippen molar-refractivity contribution >= 4 is 34.2 Å². The number of aliphatic hydroxyl groups is 1. The fraction of sp³-hybridized carbons (Fsp3) is 0.238. The molecule has 32 heavy (non-hydrogen) atoms. The Labute approximate surface area is 189 Å². The molecule has 1 aromatic carbocycles. The molecule has 11 heteroatoms. The van der Waals surface area contributed by atoms with Crippen molar-refractivity contribution in [2.24, 2.45) is 0 Å². The zero-order chi connectivity index (χ0) is 23.0. The molecule has 1 atom stereocenters. The number of pyridine rings is 2. The van der Waals surface area contributed by atoms with E-state index in [4.69, 9.17) is 11.6 Å². The van der Waals surface area contributed by atoms with Gasteiger partial charge in [-0.25, -0.2) is 14.2 Å². The number of hydrogen-bond donors (Lipinski definition) is 2. The second-order valence-corrected chi connectivity index (χ2v) is 8.89. The van der Waals surface area contributed by atoms with Crippen molar-refractivity contribution in [3.05, 3.63) is 64.7 Å². The second-order valence-electron chi connectivity index (χ2n) is 7.32. The molecule has 4 rings (SSSR count). The molecule has 6 nitrogen and oxygen atoms in total. The van der Waals surface area contributed by atoms with Crippen LogP contribution in [0, 0.1) is 6.92 Å². The number of nitrogens with zero attached hydrogens (tertiary/aromatic N) is 3. The second kappa shape index (κ2) is 8.68. The summed E-state index contributed by atoms with van der Waals surface area (Å²) in [6, 6.07) is 11.4. The summed E-state index contributed by atoms with van der Waals surface area (Å²) in [5.41, 5.74) is 0.135. The first kappa shape index (κ1) is 22.5. The Kier molecular flexibility index (Phi) is 6.11. The van der Waals surface area contributed by atoms with Gasteiger partial charge in [-0.1, -0.05) is 23.7 Å². The van der Waals surface area contributed by atoms with E-state index >= 15 is 0 Å². The Morgan fingerprint density at radius 3 is 2.59 bits per heavy atom. The molecule has 0 saturated carbocycles. The van der Waals surface area contributed by atoms with Crippen LogP contribution in [-0.4, -0.2) is 38.5 Å². The van der Waals surface area contributed by atoms with E-state index < -0.39 is 28.8 Å². The minimum atomic E-state index is -4.50. The van der Waals surface area contributed by atoms with Gasteiger partial charge in [-0.3, -0.25) is 4.72 Å². The van der Waals surface area contributed by atoms with Crippen molar-refractivity contribution in [3.8, 4) is 11.3 Å². The molecule has 168 valence electrons. The maximum absolute atomic E-state index is 13.2. The number of rotatable bonds is 5. The van der Waals surface area contributed by atoms with Gasteiger partial charge >= 0.3 is 6.18 Å². The van der Waals surface area contributed by atoms with Gasteiger partial charge in [0.25, 0.3) is 0 Å². The lowest BCUT2D eigenvalue weighted by molar-refractivity contribution is -0.137. The Hall–Kier alpha value is -2.69. The van der Waals surface area contributed by atoms with Gasteiger partial charge in [-0.2, -0.15) is 13.2 Å².